The Morgan fingerprint density at radius 2 is 2.00 bits per heavy atom. The van der Waals surface area contributed by atoms with Crippen molar-refractivity contribution in [2.24, 2.45) is 0 Å². The van der Waals surface area contributed by atoms with Crippen molar-refractivity contribution in [3.63, 3.8) is 0 Å². The molecule has 0 fully saturated rings. The molecule has 0 aromatic rings. The predicted molar refractivity (Wildman–Crippen MR) is 69.8 cm³/mol. The highest BCUT2D eigenvalue weighted by molar-refractivity contribution is 7.99. The second-order valence-corrected chi connectivity index (χ2v) is 4.77. The van der Waals surface area contributed by atoms with Gasteiger partial charge >= 0.3 is 0 Å². The minimum absolute atomic E-state index is 0.120. The number of carbonyl (C=O) groups excluding carboxylic acids is 1. The van der Waals surface area contributed by atoms with Crippen LogP contribution in [0, 0.1) is 0 Å². The monoisotopic (exact) mass is 248 g/mol. The van der Waals surface area contributed by atoms with E-state index in [2.05, 4.69) is 5.32 Å². The van der Waals surface area contributed by atoms with E-state index in [9.17, 15) is 4.79 Å². The van der Waals surface area contributed by atoms with Crippen molar-refractivity contribution >= 4 is 17.7 Å². The van der Waals surface area contributed by atoms with Crippen molar-refractivity contribution in [2.75, 3.05) is 32.5 Å². The molecule has 2 N–H and O–H groups in total. The van der Waals surface area contributed by atoms with E-state index < -0.39 is 0 Å². The lowest BCUT2D eigenvalue weighted by atomic mass is 10.2. The second-order valence-electron chi connectivity index (χ2n) is 3.69. The van der Waals surface area contributed by atoms with Gasteiger partial charge in [0.05, 0.1) is 13.2 Å². The molecule has 0 saturated carbocycles. The van der Waals surface area contributed by atoms with Gasteiger partial charge in [0.1, 0.15) is 0 Å². The smallest absolute Gasteiger partial charge is 0.236 e. The highest BCUT2D eigenvalue weighted by atomic mass is 32.2. The Labute approximate surface area is 103 Å². The van der Waals surface area contributed by atoms with Crippen molar-refractivity contribution < 1.29 is 9.90 Å². The highest BCUT2D eigenvalue weighted by Gasteiger charge is 2.16. The summed E-state index contributed by atoms with van der Waals surface area (Å²) in [6.07, 6.45) is 1.96. The average molecular weight is 248 g/mol. The molecule has 0 rings (SSSR count). The van der Waals surface area contributed by atoms with Crippen LogP contribution in [0.1, 0.15) is 20.8 Å². The molecule has 0 spiro atoms. The Balaban J connectivity index is 3.99. The van der Waals surface area contributed by atoms with E-state index in [4.69, 9.17) is 5.11 Å². The summed E-state index contributed by atoms with van der Waals surface area (Å²) in [6, 6.07) is 0.138. The highest BCUT2D eigenvalue weighted by Crippen LogP contribution is 2.09. The third kappa shape index (κ3) is 5.18. The van der Waals surface area contributed by atoms with E-state index in [1.54, 1.807) is 16.7 Å². The molecule has 2 atom stereocenters. The molecule has 2 unspecified atom stereocenters. The molecular weight excluding hydrogens is 224 g/mol. The minimum atomic E-state index is 0.120. The fraction of sp³-hybridized carbons (Fsp3) is 0.909. The second kappa shape index (κ2) is 8.84. The first-order valence-corrected chi connectivity index (χ1v) is 7.04. The maximum Gasteiger partial charge on any atom is 0.236 e. The lowest BCUT2D eigenvalue weighted by Crippen LogP contribution is -2.44. The van der Waals surface area contributed by atoms with Crippen molar-refractivity contribution in [1.29, 1.82) is 0 Å². The van der Waals surface area contributed by atoms with Gasteiger partial charge in [-0.2, -0.15) is 11.8 Å². The molecule has 0 aromatic carbocycles. The number of likely N-dealkylation sites (N-methyl/N-ethyl adjacent to an activating group) is 1. The molecule has 16 heavy (non-hydrogen) atoms. The third-order valence-electron chi connectivity index (χ3n) is 2.73. The number of nitrogens with one attached hydrogen (secondary N) is 1. The first-order valence-electron chi connectivity index (χ1n) is 5.75. The fourth-order valence-electron chi connectivity index (χ4n) is 1.50. The number of rotatable bonds is 8. The summed E-state index contributed by atoms with van der Waals surface area (Å²) in [5, 5.41) is 12.4. The molecule has 96 valence electrons. The number of carbonyl (C=O) groups is 1. The Kier molecular flexibility index (Phi) is 8.70. The first kappa shape index (κ1) is 15.7. The normalized spacial score (nSPS) is 14.6. The van der Waals surface area contributed by atoms with Crippen LogP contribution in [0.3, 0.4) is 0 Å². The van der Waals surface area contributed by atoms with Crippen LogP contribution < -0.4 is 5.32 Å². The minimum Gasteiger partial charge on any atom is -0.395 e. The summed E-state index contributed by atoms with van der Waals surface area (Å²) in [5.74, 6) is 0.120. The number of nitrogens with zero attached hydrogens (tertiary/aromatic N) is 1. The maximum atomic E-state index is 11.7. The van der Waals surface area contributed by atoms with E-state index in [1.165, 1.54) is 0 Å². The van der Waals surface area contributed by atoms with Gasteiger partial charge < -0.3 is 15.3 Å². The summed E-state index contributed by atoms with van der Waals surface area (Å²) in [5.41, 5.74) is 0. The van der Waals surface area contributed by atoms with Crippen LogP contribution in [0.2, 0.25) is 0 Å². The molecule has 1 amide bonds. The number of aliphatic hydroxyl groups excluding tert-OH is 1. The predicted octanol–water partition coefficient (Wildman–Crippen LogP) is 0.557. The van der Waals surface area contributed by atoms with E-state index in [-0.39, 0.29) is 23.8 Å². The zero-order chi connectivity index (χ0) is 12.6. The van der Waals surface area contributed by atoms with Crippen LogP contribution in [0.15, 0.2) is 0 Å². The number of hydrogen-bond donors (Lipinski definition) is 2. The Bertz CT molecular complexity index is 194. The standard InChI is InChI=1S/C11H24N2O2S/c1-5-13(6-2)11(15)7-12-9(3)10(8-14)16-4/h9-10,12,14H,5-8H2,1-4H3. The van der Waals surface area contributed by atoms with Crippen LogP contribution in [0.4, 0.5) is 0 Å². The van der Waals surface area contributed by atoms with Crippen LogP contribution in [0.25, 0.3) is 0 Å². The SMILES string of the molecule is CCN(CC)C(=O)CNC(C)C(CO)SC. The fourth-order valence-corrected chi connectivity index (χ4v) is 2.16. The van der Waals surface area contributed by atoms with Gasteiger partial charge in [0.25, 0.3) is 0 Å². The van der Waals surface area contributed by atoms with Crippen LogP contribution in [-0.2, 0) is 4.79 Å². The molecule has 5 heteroatoms. The van der Waals surface area contributed by atoms with Crippen LogP contribution in [0.5, 0.6) is 0 Å². The molecule has 0 bridgehead atoms. The quantitative estimate of drug-likeness (QED) is 0.659. The van der Waals surface area contributed by atoms with Gasteiger partial charge in [-0.1, -0.05) is 0 Å². The van der Waals surface area contributed by atoms with Gasteiger partial charge in [0.2, 0.25) is 5.91 Å². The molecule has 0 aliphatic carbocycles. The van der Waals surface area contributed by atoms with Gasteiger partial charge in [-0.3, -0.25) is 4.79 Å². The van der Waals surface area contributed by atoms with Gasteiger partial charge in [-0.05, 0) is 27.0 Å². The van der Waals surface area contributed by atoms with E-state index in [0.717, 1.165) is 13.1 Å². The van der Waals surface area contributed by atoms with Crippen molar-refractivity contribution in [2.45, 2.75) is 32.1 Å². The van der Waals surface area contributed by atoms with E-state index >= 15 is 0 Å². The molecule has 0 aromatic heterocycles. The molecule has 0 radical (unpaired) electrons. The molecular formula is C11H24N2O2S. The topological polar surface area (TPSA) is 52.6 Å². The molecule has 0 aliphatic heterocycles. The average Bonchev–Trinajstić information content (AvgIpc) is 2.29. The van der Waals surface area contributed by atoms with Gasteiger partial charge in [-0.15, -0.1) is 0 Å². The lowest BCUT2D eigenvalue weighted by Gasteiger charge is -2.24. The number of thioether (sulfide) groups is 1. The number of hydrogen-bond acceptors (Lipinski definition) is 4. The largest absolute Gasteiger partial charge is 0.395 e. The third-order valence-corrected chi connectivity index (χ3v) is 3.89. The van der Waals surface area contributed by atoms with E-state index in [1.807, 2.05) is 27.0 Å². The molecule has 0 aliphatic rings. The van der Waals surface area contributed by atoms with Crippen LogP contribution >= 0.6 is 11.8 Å². The van der Waals surface area contributed by atoms with Crippen molar-refractivity contribution in [3.05, 3.63) is 0 Å². The van der Waals surface area contributed by atoms with Gasteiger partial charge in [-0.25, -0.2) is 0 Å². The Morgan fingerprint density at radius 3 is 2.38 bits per heavy atom. The zero-order valence-corrected chi connectivity index (χ0v) is 11.5. The Morgan fingerprint density at radius 1 is 1.44 bits per heavy atom. The summed E-state index contributed by atoms with van der Waals surface area (Å²) in [6.45, 7) is 7.92. The molecule has 4 nitrogen and oxygen atoms in total. The number of amides is 1. The van der Waals surface area contributed by atoms with Gasteiger partial charge in [0, 0.05) is 24.4 Å². The summed E-state index contributed by atoms with van der Waals surface area (Å²) in [7, 11) is 0. The van der Waals surface area contributed by atoms with Crippen LogP contribution in [-0.4, -0.2) is 59.7 Å². The molecule has 0 saturated heterocycles. The zero-order valence-electron chi connectivity index (χ0n) is 10.7. The van der Waals surface area contributed by atoms with Gasteiger partial charge in [0.15, 0.2) is 0 Å². The maximum absolute atomic E-state index is 11.7. The summed E-state index contributed by atoms with van der Waals surface area (Å²) < 4.78 is 0. The lowest BCUT2D eigenvalue weighted by molar-refractivity contribution is -0.129. The van der Waals surface area contributed by atoms with Crippen molar-refractivity contribution in [3.8, 4) is 0 Å². The Hall–Kier alpha value is -0.260. The number of aliphatic hydroxyl groups is 1. The van der Waals surface area contributed by atoms with E-state index in [0.29, 0.717) is 6.54 Å². The summed E-state index contributed by atoms with van der Waals surface area (Å²) >= 11 is 1.61. The summed E-state index contributed by atoms with van der Waals surface area (Å²) in [4.78, 5) is 13.5. The van der Waals surface area contributed by atoms with Crippen molar-refractivity contribution in [1.82, 2.24) is 10.2 Å². The molecule has 0 heterocycles. The first-order chi connectivity index (χ1) is 7.60.